The monoisotopic (exact) mass is 500 g/mol. The van der Waals surface area contributed by atoms with Gasteiger partial charge in [0.15, 0.2) is 0 Å². The van der Waals surface area contributed by atoms with Crippen LogP contribution in [0.2, 0.25) is 0 Å². The van der Waals surface area contributed by atoms with Gasteiger partial charge in [0.25, 0.3) is 0 Å². The number of unbranched alkanes of at least 4 members (excludes halogenated alkanes) is 1. The third kappa shape index (κ3) is 10.4. The number of aryl methyl sites for hydroxylation is 1. The number of anilines is 2. The van der Waals surface area contributed by atoms with E-state index >= 15 is 0 Å². The van der Waals surface area contributed by atoms with E-state index in [9.17, 15) is 9.90 Å². The molecule has 1 aromatic heterocycles. The van der Waals surface area contributed by atoms with Crippen LogP contribution >= 0.6 is 0 Å². The van der Waals surface area contributed by atoms with Crippen molar-refractivity contribution in [2.75, 3.05) is 44.4 Å². The van der Waals surface area contributed by atoms with E-state index in [1.54, 1.807) is 0 Å². The SMILES string of the molecule is CCCCOC(=O)NCCN(C)Cc1ccc(Cc2c(C)nc(N)nc2N[C@@H](CCC)CCO)cc1. The van der Waals surface area contributed by atoms with Crippen molar-refractivity contribution in [1.82, 2.24) is 20.2 Å². The van der Waals surface area contributed by atoms with Crippen molar-refractivity contribution >= 4 is 17.9 Å². The number of hydrogen-bond acceptors (Lipinski definition) is 8. The molecule has 1 atom stereocenters. The van der Waals surface area contributed by atoms with Crippen molar-refractivity contribution in [2.24, 2.45) is 0 Å². The van der Waals surface area contributed by atoms with E-state index < -0.39 is 0 Å². The molecule has 36 heavy (non-hydrogen) atoms. The van der Waals surface area contributed by atoms with Gasteiger partial charge >= 0.3 is 6.09 Å². The molecule has 9 nitrogen and oxygen atoms in total. The third-order valence-electron chi connectivity index (χ3n) is 6.04. The number of aromatic nitrogens is 2. The minimum absolute atomic E-state index is 0.127. The second-order valence-corrected chi connectivity index (χ2v) is 9.28. The standard InChI is InChI=1S/C27H44N6O3/c1-5-7-17-36-27(35)29-14-15-33(4)19-22-11-9-21(10-12-22)18-24-20(3)30-26(28)32-25(24)31-23(8-6-2)13-16-34/h9-12,23,34H,5-8,13-19H2,1-4H3,(H,29,35)(H3,28,30,31,32)/t23-/m0/s1. The summed E-state index contributed by atoms with van der Waals surface area (Å²) in [7, 11) is 2.03. The van der Waals surface area contributed by atoms with E-state index in [1.807, 2.05) is 14.0 Å². The van der Waals surface area contributed by atoms with Gasteiger partial charge in [0.05, 0.1) is 6.61 Å². The summed E-state index contributed by atoms with van der Waals surface area (Å²) in [6.07, 6.45) is 4.84. The quantitative estimate of drug-likeness (QED) is 0.256. The molecule has 2 aromatic rings. The van der Waals surface area contributed by atoms with Gasteiger partial charge in [-0.3, -0.25) is 0 Å². The van der Waals surface area contributed by atoms with Crippen LogP contribution in [0, 0.1) is 6.92 Å². The molecule has 1 aromatic carbocycles. The molecule has 1 heterocycles. The highest BCUT2D eigenvalue weighted by Gasteiger charge is 2.16. The lowest BCUT2D eigenvalue weighted by atomic mass is 10.0. The zero-order valence-electron chi connectivity index (χ0n) is 22.3. The Bertz CT molecular complexity index is 916. The van der Waals surface area contributed by atoms with Gasteiger partial charge in [-0.2, -0.15) is 4.98 Å². The Morgan fingerprint density at radius 2 is 1.86 bits per heavy atom. The number of carbonyl (C=O) groups excluding carboxylic acids is 1. The average molecular weight is 501 g/mol. The minimum Gasteiger partial charge on any atom is -0.450 e. The van der Waals surface area contributed by atoms with Gasteiger partial charge in [0.2, 0.25) is 5.95 Å². The number of rotatable bonds is 16. The van der Waals surface area contributed by atoms with E-state index in [0.29, 0.717) is 26.0 Å². The van der Waals surface area contributed by atoms with Crippen LogP contribution < -0.4 is 16.4 Å². The van der Waals surface area contributed by atoms with Gasteiger partial charge < -0.3 is 31.1 Å². The molecule has 0 saturated heterocycles. The zero-order chi connectivity index (χ0) is 26.3. The Morgan fingerprint density at radius 3 is 2.53 bits per heavy atom. The first kappa shape index (κ1) is 29.3. The molecule has 0 aliphatic rings. The third-order valence-corrected chi connectivity index (χ3v) is 6.04. The first-order valence-corrected chi connectivity index (χ1v) is 13.0. The predicted molar refractivity (Wildman–Crippen MR) is 145 cm³/mol. The maximum Gasteiger partial charge on any atom is 0.407 e. The van der Waals surface area contributed by atoms with Crippen molar-refractivity contribution in [3.05, 3.63) is 46.6 Å². The first-order valence-electron chi connectivity index (χ1n) is 13.0. The van der Waals surface area contributed by atoms with Crippen molar-refractivity contribution in [3.63, 3.8) is 0 Å². The van der Waals surface area contributed by atoms with Gasteiger partial charge in [-0.1, -0.05) is 51.0 Å². The number of amides is 1. The summed E-state index contributed by atoms with van der Waals surface area (Å²) in [5, 5.41) is 15.7. The van der Waals surface area contributed by atoms with Crippen LogP contribution in [0.25, 0.3) is 0 Å². The highest BCUT2D eigenvalue weighted by atomic mass is 16.5. The van der Waals surface area contributed by atoms with Crippen LogP contribution in [-0.4, -0.2) is 65.5 Å². The van der Waals surface area contributed by atoms with Crippen LogP contribution in [0.1, 0.15) is 68.3 Å². The second kappa shape index (κ2) is 16.0. The molecule has 0 spiro atoms. The lowest BCUT2D eigenvalue weighted by Crippen LogP contribution is -2.33. The Kier molecular flexibility index (Phi) is 13.0. The summed E-state index contributed by atoms with van der Waals surface area (Å²) in [4.78, 5) is 22.7. The number of aliphatic hydroxyl groups is 1. The fourth-order valence-electron chi connectivity index (χ4n) is 4.00. The van der Waals surface area contributed by atoms with Crippen molar-refractivity contribution in [2.45, 2.75) is 71.9 Å². The molecule has 2 rings (SSSR count). The lowest BCUT2D eigenvalue weighted by Gasteiger charge is -2.21. The van der Waals surface area contributed by atoms with Crippen molar-refractivity contribution in [1.29, 1.82) is 0 Å². The van der Waals surface area contributed by atoms with E-state index in [4.69, 9.17) is 10.5 Å². The summed E-state index contributed by atoms with van der Waals surface area (Å²) in [5.74, 6) is 0.997. The highest BCUT2D eigenvalue weighted by Crippen LogP contribution is 2.23. The Balaban J connectivity index is 1.95. The number of aliphatic hydroxyl groups excluding tert-OH is 1. The summed E-state index contributed by atoms with van der Waals surface area (Å²) in [6, 6.07) is 8.65. The van der Waals surface area contributed by atoms with E-state index in [2.05, 4.69) is 63.6 Å². The highest BCUT2D eigenvalue weighted by molar-refractivity contribution is 5.67. The maximum absolute atomic E-state index is 11.7. The molecule has 1 amide bonds. The molecular weight excluding hydrogens is 456 g/mol. The van der Waals surface area contributed by atoms with Crippen molar-refractivity contribution < 1.29 is 14.6 Å². The van der Waals surface area contributed by atoms with Gasteiger partial charge in [0, 0.05) is 50.0 Å². The van der Waals surface area contributed by atoms with Crippen LogP contribution in [0.5, 0.6) is 0 Å². The van der Waals surface area contributed by atoms with Crippen LogP contribution in [0.4, 0.5) is 16.6 Å². The zero-order valence-corrected chi connectivity index (χ0v) is 22.3. The largest absolute Gasteiger partial charge is 0.450 e. The molecule has 9 heteroatoms. The molecule has 0 fully saturated rings. The van der Waals surface area contributed by atoms with E-state index in [-0.39, 0.29) is 24.7 Å². The minimum atomic E-state index is -0.352. The Hall–Kier alpha value is -2.91. The van der Waals surface area contributed by atoms with Gasteiger partial charge in [-0.05, 0) is 44.4 Å². The van der Waals surface area contributed by atoms with Crippen LogP contribution in [0.3, 0.4) is 0 Å². The molecule has 0 aliphatic carbocycles. The number of nitrogen functional groups attached to an aromatic ring is 1. The molecule has 0 aliphatic heterocycles. The van der Waals surface area contributed by atoms with Crippen molar-refractivity contribution in [3.8, 4) is 0 Å². The number of nitrogens with one attached hydrogen (secondary N) is 2. The van der Waals surface area contributed by atoms with Gasteiger partial charge in [-0.25, -0.2) is 9.78 Å². The molecule has 5 N–H and O–H groups in total. The number of likely N-dealkylation sites (N-methyl/N-ethyl adjacent to an activating group) is 1. The smallest absolute Gasteiger partial charge is 0.407 e. The Labute approximate surface area is 215 Å². The number of nitrogens with two attached hydrogens (primary N) is 1. The topological polar surface area (TPSA) is 126 Å². The van der Waals surface area contributed by atoms with E-state index in [1.165, 1.54) is 5.56 Å². The molecule has 0 radical (unpaired) electrons. The molecule has 0 saturated carbocycles. The van der Waals surface area contributed by atoms with E-state index in [0.717, 1.165) is 61.4 Å². The number of benzene rings is 1. The number of hydrogen-bond donors (Lipinski definition) is 4. The lowest BCUT2D eigenvalue weighted by molar-refractivity contribution is 0.143. The van der Waals surface area contributed by atoms with Gasteiger partial charge in [0.1, 0.15) is 5.82 Å². The van der Waals surface area contributed by atoms with Crippen LogP contribution in [-0.2, 0) is 17.7 Å². The fraction of sp³-hybridized carbons (Fsp3) is 0.593. The number of nitrogens with zero attached hydrogens (tertiary/aromatic N) is 3. The number of carbonyl (C=O) groups is 1. The summed E-state index contributed by atoms with van der Waals surface area (Å²) in [5.41, 5.74) is 10.2. The second-order valence-electron chi connectivity index (χ2n) is 9.28. The van der Waals surface area contributed by atoms with Gasteiger partial charge in [-0.15, -0.1) is 0 Å². The molecular formula is C27H44N6O3. The first-order chi connectivity index (χ1) is 17.4. The molecule has 0 bridgehead atoms. The number of alkyl carbamates (subject to hydrolysis) is 1. The maximum atomic E-state index is 11.7. The number of ether oxygens (including phenoxy) is 1. The normalized spacial score (nSPS) is 11.9. The fourth-order valence-corrected chi connectivity index (χ4v) is 4.00. The molecule has 200 valence electrons. The summed E-state index contributed by atoms with van der Waals surface area (Å²) in [6.45, 7) is 8.79. The average Bonchev–Trinajstić information content (AvgIpc) is 2.83. The Morgan fingerprint density at radius 1 is 1.14 bits per heavy atom. The van der Waals surface area contributed by atoms with Crippen LogP contribution in [0.15, 0.2) is 24.3 Å². The predicted octanol–water partition coefficient (Wildman–Crippen LogP) is 3.88. The molecule has 0 unspecified atom stereocenters. The summed E-state index contributed by atoms with van der Waals surface area (Å²) < 4.78 is 5.11. The summed E-state index contributed by atoms with van der Waals surface area (Å²) >= 11 is 0.